The van der Waals surface area contributed by atoms with Crippen molar-refractivity contribution in [1.82, 2.24) is 5.32 Å². The molecule has 0 rings (SSSR count). The normalized spacial score (nSPS) is 12.1. The van der Waals surface area contributed by atoms with E-state index in [2.05, 4.69) is 0 Å². The summed E-state index contributed by atoms with van der Waals surface area (Å²) in [5.74, 6) is -6.74. The highest BCUT2D eigenvalue weighted by Crippen LogP contribution is 1.96. The van der Waals surface area contributed by atoms with Gasteiger partial charge in [-0.25, -0.2) is 9.59 Å². The van der Waals surface area contributed by atoms with E-state index in [1.165, 1.54) is 0 Å². The van der Waals surface area contributed by atoms with Crippen molar-refractivity contribution in [1.29, 1.82) is 0 Å². The first-order valence-electron chi connectivity index (χ1n) is 3.92. The summed E-state index contributed by atoms with van der Waals surface area (Å²) in [6.07, 6.45) is -0.924. The van der Waals surface area contributed by atoms with E-state index in [0.717, 1.165) is 0 Å². The average Bonchev–Trinajstić information content (AvgIpc) is 2.09. The van der Waals surface area contributed by atoms with Crippen molar-refractivity contribution in [2.45, 2.75) is 18.5 Å². The number of aliphatic carboxylic acids is 4. The van der Waals surface area contributed by atoms with Gasteiger partial charge in [0.1, 0.15) is 6.04 Å². The summed E-state index contributed by atoms with van der Waals surface area (Å²) in [5, 5.41) is 35.4. The van der Waals surface area contributed by atoms with Crippen LogP contribution in [0.2, 0.25) is 0 Å². The first-order valence-corrected chi connectivity index (χ1v) is 3.92. The SMILES string of the molecule is O=C(O)CC(NC(C(=O)O)C(=O)O)C(=O)O. The smallest absolute Gasteiger partial charge is 0.332 e. The van der Waals surface area contributed by atoms with Crippen LogP contribution in [-0.4, -0.2) is 56.4 Å². The third kappa shape index (κ3) is 4.37. The lowest BCUT2D eigenvalue weighted by Crippen LogP contribution is -2.51. The second-order valence-electron chi connectivity index (χ2n) is 2.76. The van der Waals surface area contributed by atoms with E-state index in [0.29, 0.717) is 0 Å². The Hall–Kier alpha value is -2.16. The molecule has 0 aliphatic carbocycles. The zero-order valence-electron chi connectivity index (χ0n) is 7.78. The molecule has 5 N–H and O–H groups in total. The number of hydrogen-bond acceptors (Lipinski definition) is 5. The van der Waals surface area contributed by atoms with Gasteiger partial charge in [-0.05, 0) is 0 Å². The van der Waals surface area contributed by atoms with Crippen LogP contribution in [0.1, 0.15) is 6.42 Å². The average molecular weight is 235 g/mol. The fourth-order valence-electron chi connectivity index (χ4n) is 0.842. The number of carbonyl (C=O) groups is 4. The Labute approximate surface area is 88.3 Å². The molecule has 0 aromatic heterocycles. The van der Waals surface area contributed by atoms with E-state index < -0.39 is 42.4 Å². The van der Waals surface area contributed by atoms with Crippen LogP contribution >= 0.6 is 0 Å². The van der Waals surface area contributed by atoms with E-state index in [1.54, 1.807) is 5.32 Å². The molecule has 9 heteroatoms. The molecule has 0 aliphatic heterocycles. The second-order valence-corrected chi connectivity index (χ2v) is 2.76. The molecule has 0 radical (unpaired) electrons. The van der Waals surface area contributed by atoms with Gasteiger partial charge in [-0.1, -0.05) is 0 Å². The van der Waals surface area contributed by atoms with Crippen LogP contribution in [-0.2, 0) is 19.2 Å². The Morgan fingerprint density at radius 3 is 1.56 bits per heavy atom. The minimum atomic E-state index is -2.17. The maximum Gasteiger partial charge on any atom is 0.332 e. The Morgan fingerprint density at radius 2 is 1.31 bits per heavy atom. The van der Waals surface area contributed by atoms with Crippen LogP contribution in [0.25, 0.3) is 0 Å². The minimum Gasteiger partial charge on any atom is -0.481 e. The fraction of sp³-hybridized carbons (Fsp3) is 0.429. The summed E-state index contributed by atoms with van der Waals surface area (Å²) in [7, 11) is 0. The standard InChI is InChI=1S/C7H9NO8/c9-3(10)1-2(5(11)12)8-4(6(13)14)7(15)16/h2,4,8H,1H2,(H,9,10)(H,11,12)(H,13,14)(H,15,16). The van der Waals surface area contributed by atoms with Gasteiger partial charge in [0.2, 0.25) is 6.04 Å². The van der Waals surface area contributed by atoms with Gasteiger partial charge in [-0.3, -0.25) is 14.9 Å². The molecular formula is C7H9NO8. The lowest BCUT2D eigenvalue weighted by Gasteiger charge is -2.15. The number of nitrogens with one attached hydrogen (secondary N) is 1. The molecule has 0 amide bonds. The molecule has 0 aromatic rings. The summed E-state index contributed by atoms with van der Waals surface area (Å²) in [5.41, 5.74) is 0. The lowest BCUT2D eigenvalue weighted by atomic mass is 10.1. The van der Waals surface area contributed by atoms with E-state index in [9.17, 15) is 19.2 Å². The fourth-order valence-corrected chi connectivity index (χ4v) is 0.842. The molecule has 0 saturated carbocycles. The molecule has 1 unspecified atom stereocenters. The van der Waals surface area contributed by atoms with Crippen molar-refractivity contribution in [3.63, 3.8) is 0 Å². The molecule has 16 heavy (non-hydrogen) atoms. The van der Waals surface area contributed by atoms with Gasteiger partial charge in [0.25, 0.3) is 0 Å². The molecule has 0 bridgehead atoms. The predicted molar refractivity (Wildman–Crippen MR) is 45.9 cm³/mol. The van der Waals surface area contributed by atoms with Crippen molar-refractivity contribution in [2.75, 3.05) is 0 Å². The minimum absolute atomic E-state index is 0.924. The van der Waals surface area contributed by atoms with E-state index >= 15 is 0 Å². The highest BCUT2D eigenvalue weighted by molar-refractivity contribution is 5.98. The maximum absolute atomic E-state index is 10.5. The molecule has 0 saturated heterocycles. The highest BCUT2D eigenvalue weighted by Gasteiger charge is 2.32. The molecule has 90 valence electrons. The first-order chi connectivity index (χ1) is 7.25. The van der Waals surface area contributed by atoms with Gasteiger partial charge in [0.05, 0.1) is 6.42 Å². The van der Waals surface area contributed by atoms with E-state index in [1.807, 2.05) is 0 Å². The van der Waals surface area contributed by atoms with E-state index in [4.69, 9.17) is 20.4 Å². The Bertz CT molecular complexity index is 310. The molecule has 1 atom stereocenters. The van der Waals surface area contributed by atoms with Gasteiger partial charge < -0.3 is 20.4 Å². The van der Waals surface area contributed by atoms with Crippen LogP contribution in [0.3, 0.4) is 0 Å². The topological polar surface area (TPSA) is 161 Å². The Balaban J connectivity index is 4.71. The zero-order chi connectivity index (χ0) is 12.9. The van der Waals surface area contributed by atoms with Crippen LogP contribution in [0, 0.1) is 0 Å². The van der Waals surface area contributed by atoms with Gasteiger partial charge >= 0.3 is 23.9 Å². The van der Waals surface area contributed by atoms with Crippen molar-refractivity contribution in [3.05, 3.63) is 0 Å². The third-order valence-electron chi connectivity index (χ3n) is 1.54. The molecule has 0 aromatic carbocycles. The van der Waals surface area contributed by atoms with Crippen molar-refractivity contribution in [2.24, 2.45) is 0 Å². The summed E-state index contributed by atoms with van der Waals surface area (Å²) in [6, 6.07) is -3.95. The highest BCUT2D eigenvalue weighted by atomic mass is 16.4. The summed E-state index contributed by atoms with van der Waals surface area (Å²) < 4.78 is 0. The monoisotopic (exact) mass is 235 g/mol. The van der Waals surface area contributed by atoms with Crippen molar-refractivity contribution in [3.8, 4) is 0 Å². The molecular weight excluding hydrogens is 226 g/mol. The zero-order valence-corrected chi connectivity index (χ0v) is 7.78. The quantitative estimate of drug-likeness (QED) is 0.315. The van der Waals surface area contributed by atoms with Gasteiger partial charge in [-0.2, -0.15) is 0 Å². The maximum atomic E-state index is 10.5. The van der Waals surface area contributed by atoms with Crippen LogP contribution < -0.4 is 5.32 Å². The van der Waals surface area contributed by atoms with Gasteiger partial charge in [0, 0.05) is 0 Å². The molecule has 9 nitrogen and oxygen atoms in total. The van der Waals surface area contributed by atoms with E-state index in [-0.39, 0.29) is 0 Å². The number of hydrogen-bond donors (Lipinski definition) is 5. The van der Waals surface area contributed by atoms with Crippen LogP contribution in [0.4, 0.5) is 0 Å². The van der Waals surface area contributed by atoms with Crippen LogP contribution in [0.15, 0.2) is 0 Å². The van der Waals surface area contributed by atoms with Crippen molar-refractivity contribution >= 4 is 23.9 Å². The Kier molecular flexibility index (Phi) is 4.89. The Morgan fingerprint density at radius 1 is 0.875 bits per heavy atom. The van der Waals surface area contributed by atoms with Crippen molar-refractivity contribution < 1.29 is 39.6 Å². The number of carboxylic acid groups (broad SMARTS) is 4. The van der Waals surface area contributed by atoms with Crippen LogP contribution in [0.5, 0.6) is 0 Å². The largest absolute Gasteiger partial charge is 0.481 e. The molecule has 0 spiro atoms. The predicted octanol–water partition coefficient (Wildman–Crippen LogP) is -1.96. The summed E-state index contributed by atoms with van der Waals surface area (Å²) in [4.78, 5) is 41.5. The van der Waals surface area contributed by atoms with Gasteiger partial charge in [-0.15, -0.1) is 0 Å². The summed E-state index contributed by atoms with van der Waals surface area (Å²) in [6.45, 7) is 0. The molecule has 0 fully saturated rings. The molecule has 0 heterocycles. The number of carboxylic acids is 4. The number of rotatable bonds is 7. The lowest BCUT2D eigenvalue weighted by molar-refractivity contribution is -0.153. The first kappa shape index (κ1) is 13.8. The second kappa shape index (κ2) is 5.66. The summed E-state index contributed by atoms with van der Waals surface area (Å²) >= 11 is 0. The molecule has 0 aliphatic rings. The van der Waals surface area contributed by atoms with Gasteiger partial charge in [0.15, 0.2) is 0 Å². The third-order valence-corrected chi connectivity index (χ3v) is 1.54.